The van der Waals surface area contributed by atoms with Gasteiger partial charge in [-0.25, -0.2) is 8.78 Å². The number of carbonyl (C=O) groups is 1. The number of allylic oxidation sites excluding steroid dienone is 2. The van der Waals surface area contributed by atoms with Gasteiger partial charge in [-0.2, -0.15) is 0 Å². The van der Waals surface area contributed by atoms with E-state index in [0.29, 0.717) is 41.0 Å². The number of halogens is 2. The van der Waals surface area contributed by atoms with Crippen LogP contribution in [0, 0.1) is 23.0 Å². The zero-order chi connectivity index (χ0) is 29.2. The molecular weight excluding hydrogens is 532 g/mol. The highest BCUT2D eigenvalue weighted by molar-refractivity contribution is 6.08. The van der Waals surface area contributed by atoms with Gasteiger partial charge in [0.05, 0.1) is 44.4 Å². The van der Waals surface area contributed by atoms with Crippen LogP contribution in [0.25, 0.3) is 17.2 Å². The van der Waals surface area contributed by atoms with Crippen molar-refractivity contribution in [3.63, 3.8) is 0 Å². The van der Waals surface area contributed by atoms with Crippen molar-refractivity contribution in [2.75, 3.05) is 58.9 Å². The number of morpholine rings is 1. The molecule has 1 aliphatic heterocycles. The summed E-state index contributed by atoms with van der Waals surface area (Å²) in [5.41, 5.74) is 2.10. The maximum Gasteiger partial charge on any atom is 0.211 e. The molecule has 0 unspecified atom stereocenters. The second-order valence-corrected chi connectivity index (χ2v) is 9.94. The lowest BCUT2D eigenvalue weighted by Gasteiger charge is -2.26. The van der Waals surface area contributed by atoms with Crippen molar-refractivity contribution < 1.29 is 27.8 Å². The van der Waals surface area contributed by atoms with Crippen molar-refractivity contribution in [2.45, 2.75) is 25.7 Å². The average Bonchev–Trinajstić information content (AvgIpc) is 3.53. The number of ether oxygens (including phenoxy) is 3. The molecule has 0 spiro atoms. The number of benzene rings is 1. The highest BCUT2D eigenvalue weighted by atomic mass is 19.1. The largest absolute Gasteiger partial charge is 0.494 e. The molecule has 11 heteroatoms. The molecule has 0 radical (unpaired) electrons. The minimum atomic E-state index is -0.810. The number of hydrogen-bond acceptors (Lipinski definition) is 8. The van der Waals surface area contributed by atoms with Crippen LogP contribution in [0.15, 0.2) is 24.5 Å². The van der Waals surface area contributed by atoms with Gasteiger partial charge in [-0.3, -0.25) is 14.7 Å². The number of nitrogens with zero attached hydrogens (tertiary/aromatic N) is 2. The lowest BCUT2D eigenvalue weighted by atomic mass is 9.88. The topological polar surface area (TPSA) is 109 Å². The molecule has 1 aromatic heterocycles. The first kappa shape index (κ1) is 30.1. The van der Waals surface area contributed by atoms with E-state index in [2.05, 4.69) is 20.5 Å². The van der Waals surface area contributed by atoms with E-state index in [1.165, 1.54) is 32.7 Å². The highest BCUT2D eigenvalue weighted by Gasteiger charge is 2.29. The molecule has 2 aliphatic rings. The fourth-order valence-electron chi connectivity index (χ4n) is 5.28. The first-order valence-electron chi connectivity index (χ1n) is 13.8. The second kappa shape index (κ2) is 14.7. The Morgan fingerprint density at radius 3 is 2.44 bits per heavy atom. The Bertz CT molecular complexity index is 1260. The second-order valence-electron chi connectivity index (χ2n) is 9.94. The van der Waals surface area contributed by atoms with Gasteiger partial charge in [0, 0.05) is 62.0 Å². The number of pyridine rings is 1. The van der Waals surface area contributed by atoms with Gasteiger partial charge in [0.2, 0.25) is 6.41 Å². The van der Waals surface area contributed by atoms with Crippen LogP contribution in [0.4, 0.5) is 14.5 Å². The van der Waals surface area contributed by atoms with Crippen LogP contribution >= 0.6 is 0 Å². The summed E-state index contributed by atoms with van der Waals surface area (Å²) < 4.78 is 46.9. The molecule has 0 atom stereocenters. The van der Waals surface area contributed by atoms with Gasteiger partial charge < -0.3 is 30.3 Å². The maximum atomic E-state index is 15.6. The molecule has 2 heterocycles. The number of hydrogen-bond donors (Lipinski definition) is 3. The molecule has 2 fully saturated rings. The minimum absolute atomic E-state index is 0.104. The van der Waals surface area contributed by atoms with E-state index in [-0.39, 0.29) is 23.0 Å². The molecule has 2 aromatic rings. The SMILES string of the molecule is COc1cc(OC)c(F)c(/C(=C/c2cnc(/C(C=N)=C/NCCN3CCOCC3)cc2NC=O)C2CCCC2)c1F. The highest BCUT2D eigenvalue weighted by Crippen LogP contribution is 2.44. The molecule has 4 rings (SSSR count). The minimum Gasteiger partial charge on any atom is -0.494 e. The molecule has 1 aliphatic carbocycles. The predicted molar refractivity (Wildman–Crippen MR) is 155 cm³/mol. The van der Waals surface area contributed by atoms with Gasteiger partial charge in [-0.1, -0.05) is 12.8 Å². The number of amides is 1. The standard InChI is InChI=1S/C30H37F2N5O4/c1-39-26-15-27(40-2)30(32)28(29(26)31)23(20-5-3-4-6-20)13-21-18-35-25(14-24(21)36-19-38)22(16-33)17-34-7-8-37-9-11-41-12-10-37/h13-20,33-34H,3-12H2,1-2H3,(H,35,36,38)/b22-17+,23-13+,33-16?. The smallest absolute Gasteiger partial charge is 0.211 e. The third-order valence-corrected chi connectivity index (χ3v) is 7.50. The molecular formula is C30H37F2N5O4. The van der Waals surface area contributed by atoms with Gasteiger partial charge in [0.25, 0.3) is 0 Å². The monoisotopic (exact) mass is 569 g/mol. The summed E-state index contributed by atoms with van der Waals surface area (Å²) in [6.45, 7) is 4.76. The van der Waals surface area contributed by atoms with Crippen LogP contribution in [0.5, 0.6) is 11.5 Å². The zero-order valence-electron chi connectivity index (χ0n) is 23.5. The van der Waals surface area contributed by atoms with Gasteiger partial charge in [0.1, 0.15) is 0 Å². The molecule has 9 nitrogen and oxygen atoms in total. The summed E-state index contributed by atoms with van der Waals surface area (Å²) in [7, 11) is 2.64. The van der Waals surface area contributed by atoms with Gasteiger partial charge in [-0.15, -0.1) is 0 Å². The summed E-state index contributed by atoms with van der Waals surface area (Å²) in [6.07, 6.45) is 10.1. The quantitative estimate of drug-likeness (QED) is 0.184. The van der Waals surface area contributed by atoms with Crippen molar-refractivity contribution >= 4 is 35.5 Å². The zero-order valence-corrected chi connectivity index (χ0v) is 23.5. The Labute approximate surface area is 239 Å². The van der Waals surface area contributed by atoms with Crippen LogP contribution in [0.1, 0.15) is 42.5 Å². The van der Waals surface area contributed by atoms with Crippen LogP contribution in [-0.4, -0.2) is 76.1 Å². The van der Waals surface area contributed by atoms with E-state index in [4.69, 9.17) is 19.6 Å². The van der Waals surface area contributed by atoms with E-state index in [0.717, 1.165) is 58.5 Å². The maximum absolute atomic E-state index is 15.6. The van der Waals surface area contributed by atoms with Crippen LogP contribution in [0.3, 0.4) is 0 Å². The molecule has 1 aromatic carbocycles. The van der Waals surface area contributed by atoms with Gasteiger partial charge >= 0.3 is 0 Å². The average molecular weight is 570 g/mol. The van der Waals surface area contributed by atoms with Crippen LogP contribution in [0.2, 0.25) is 0 Å². The van der Waals surface area contributed by atoms with Crippen molar-refractivity contribution in [3.8, 4) is 11.5 Å². The van der Waals surface area contributed by atoms with E-state index < -0.39 is 11.6 Å². The molecule has 1 saturated carbocycles. The van der Waals surface area contributed by atoms with E-state index >= 15 is 8.78 Å². The lowest BCUT2D eigenvalue weighted by Crippen LogP contribution is -2.39. The Morgan fingerprint density at radius 2 is 1.83 bits per heavy atom. The van der Waals surface area contributed by atoms with E-state index in [1.807, 2.05) is 0 Å². The predicted octanol–water partition coefficient (Wildman–Crippen LogP) is 4.59. The van der Waals surface area contributed by atoms with Crippen LogP contribution in [-0.2, 0) is 9.53 Å². The Balaban J connectivity index is 1.69. The van der Waals surface area contributed by atoms with Gasteiger partial charge in [-0.05, 0) is 36.5 Å². The Morgan fingerprint density at radius 1 is 1.15 bits per heavy atom. The van der Waals surface area contributed by atoms with Gasteiger partial charge in [0.15, 0.2) is 23.1 Å². The third-order valence-electron chi connectivity index (χ3n) is 7.50. The molecule has 1 amide bonds. The number of nitrogens with one attached hydrogen (secondary N) is 3. The van der Waals surface area contributed by atoms with Crippen molar-refractivity contribution in [1.82, 2.24) is 15.2 Å². The van der Waals surface area contributed by atoms with E-state index in [9.17, 15) is 4.79 Å². The normalized spacial score (nSPS) is 16.9. The number of anilines is 1. The molecule has 1 saturated heterocycles. The molecule has 3 N–H and O–H groups in total. The Hall–Kier alpha value is -3.83. The summed E-state index contributed by atoms with van der Waals surface area (Å²) in [5.74, 6) is -1.97. The van der Waals surface area contributed by atoms with Crippen molar-refractivity contribution in [1.29, 1.82) is 5.41 Å². The van der Waals surface area contributed by atoms with Crippen molar-refractivity contribution in [2.24, 2.45) is 5.92 Å². The number of methoxy groups -OCH3 is 2. The van der Waals surface area contributed by atoms with Crippen LogP contribution < -0.4 is 20.1 Å². The Kier molecular flexibility index (Phi) is 10.8. The number of aromatic nitrogens is 1. The summed E-state index contributed by atoms with van der Waals surface area (Å²) in [4.78, 5) is 18.4. The molecule has 41 heavy (non-hydrogen) atoms. The van der Waals surface area contributed by atoms with E-state index in [1.54, 1.807) is 18.3 Å². The molecule has 220 valence electrons. The summed E-state index contributed by atoms with van der Waals surface area (Å²) >= 11 is 0. The van der Waals surface area contributed by atoms with Crippen molar-refractivity contribution in [3.05, 3.63) is 53.0 Å². The first-order valence-corrected chi connectivity index (χ1v) is 13.8. The number of carbonyl (C=O) groups excluding carboxylic acids is 1. The summed E-state index contributed by atoms with van der Waals surface area (Å²) in [5, 5.41) is 13.8. The fourth-order valence-corrected chi connectivity index (χ4v) is 5.28. The first-order chi connectivity index (χ1) is 20.0. The summed E-state index contributed by atoms with van der Waals surface area (Å²) in [6, 6.07) is 2.84. The molecule has 0 bridgehead atoms. The third kappa shape index (κ3) is 7.28. The lowest BCUT2D eigenvalue weighted by molar-refractivity contribution is -0.105. The number of rotatable bonds is 13. The fraction of sp³-hybridized carbons (Fsp3) is 0.433.